The maximum atomic E-state index is 12.7. The second-order valence-corrected chi connectivity index (χ2v) is 3.17. The van der Waals surface area contributed by atoms with E-state index in [1.165, 1.54) is 6.07 Å². The first-order chi connectivity index (χ1) is 6.99. The lowest BCUT2D eigenvalue weighted by molar-refractivity contribution is -0.119. The van der Waals surface area contributed by atoms with Gasteiger partial charge in [0.15, 0.2) is 11.6 Å². The van der Waals surface area contributed by atoms with Crippen LogP contribution in [0.5, 0.6) is 5.75 Å². The van der Waals surface area contributed by atoms with E-state index < -0.39 is 23.6 Å². The maximum Gasteiger partial charge on any atom is 0.221 e. The van der Waals surface area contributed by atoms with Gasteiger partial charge in [0.2, 0.25) is 5.91 Å². The number of rotatable bonds is 4. The molecule has 1 unspecified atom stereocenters. The predicted octanol–water partition coefficient (Wildman–Crippen LogP) is 1.61. The smallest absolute Gasteiger partial charge is 0.221 e. The Kier molecular flexibility index (Phi) is 3.60. The van der Waals surface area contributed by atoms with Gasteiger partial charge in [-0.3, -0.25) is 4.79 Å². The van der Waals surface area contributed by atoms with Crippen LogP contribution in [-0.2, 0) is 4.79 Å². The van der Waals surface area contributed by atoms with Gasteiger partial charge in [-0.05, 0) is 19.1 Å². The van der Waals surface area contributed by atoms with Crippen LogP contribution in [-0.4, -0.2) is 12.0 Å². The number of ether oxygens (including phenoxy) is 1. The Hall–Kier alpha value is -1.65. The van der Waals surface area contributed by atoms with Gasteiger partial charge in [0.25, 0.3) is 0 Å². The first-order valence-corrected chi connectivity index (χ1v) is 4.39. The SMILES string of the molecule is CC(CC(N)=O)Oc1ccc(F)c(F)c1. The number of halogens is 2. The molecule has 2 N–H and O–H groups in total. The molecule has 0 aliphatic rings. The minimum absolute atomic E-state index is 0.0268. The Morgan fingerprint density at radius 1 is 1.47 bits per heavy atom. The number of hydrogen-bond donors (Lipinski definition) is 1. The third-order valence-corrected chi connectivity index (χ3v) is 1.72. The molecule has 0 aliphatic carbocycles. The highest BCUT2D eigenvalue weighted by molar-refractivity contribution is 5.74. The summed E-state index contributed by atoms with van der Waals surface area (Å²) in [6.07, 6.45) is -0.439. The molecule has 1 rings (SSSR count). The predicted molar refractivity (Wildman–Crippen MR) is 50.3 cm³/mol. The summed E-state index contributed by atoms with van der Waals surface area (Å²) in [5.41, 5.74) is 4.95. The molecule has 0 fully saturated rings. The molecular formula is C10H11F2NO2. The number of hydrogen-bond acceptors (Lipinski definition) is 2. The van der Waals surface area contributed by atoms with Crippen LogP contribution in [0, 0.1) is 11.6 Å². The van der Waals surface area contributed by atoms with E-state index in [4.69, 9.17) is 10.5 Å². The third kappa shape index (κ3) is 3.53. The fourth-order valence-corrected chi connectivity index (χ4v) is 1.11. The Balaban J connectivity index is 2.64. The molecule has 0 saturated carbocycles. The molecule has 0 spiro atoms. The number of amides is 1. The Morgan fingerprint density at radius 2 is 2.13 bits per heavy atom. The lowest BCUT2D eigenvalue weighted by atomic mass is 10.2. The van der Waals surface area contributed by atoms with Crippen molar-refractivity contribution in [2.75, 3.05) is 0 Å². The number of benzene rings is 1. The molecule has 0 aliphatic heterocycles. The van der Waals surface area contributed by atoms with Crippen LogP contribution < -0.4 is 10.5 Å². The molecule has 1 aromatic carbocycles. The minimum atomic E-state index is -0.987. The fraction of sp³-hybridized carbons (Fsp3) is 0.300. The molecular weight excluding hydrogens is 204 g/mol. The summed E-state index contributed by atoms with van der Waals surface area (Å²) in [7, 11) is 0. The average Bonchev–Trinajstić information content (AvgIpc) is 2.10. The first-order valence-electron chi connectivity index (χ1n) is 4.39. The normalized spacial score (nSPS) is 12.2. The zero-order chi connectivity index (χ0) is 11.4. The van der Waals surface area contributed by atoms with Crippen molar-refractivity contribution in [2.45, 2.75) is 19.4 Å². The number of carbonyl (C=O) groups excluding carboxylic acids is 1. The molecule has 0 aromatic heterocycles. The van der Waals surface area contributed by atoms with Gasteiger partial charge in [-0.25, -0.2) is 8.78 Å². The monoisotopic (exact) mass is 215 g/mol. The zero-order valence-corrected chi connectivity index (χ0v) is 8.17. The largest absolute Gasteiger partial charge is 0.490 e. The van der Waals surface area contributed by atoms with Crippen molar-refractivity contribution in [1.82, 2.24) is 0 Å². The minimum Gasteiger partial charge on any atom is -0.490 e. The highest BCUT2D eigenvalue weighted by Crippen LogP contribution is 2.17. The summed E-state index contributed by atoms with van der Waals surface area (Å²) < 4.78 is 30.4. The molecule has 82 valence electrons. The van der Waals surface area contributed by atoms with Crippen LogP contribution >= 0.6 is 0 Å². The summed E-state index contributed by atoms with van der Waals surface area (Å²) in [6, 6.07) is 3.17. The van der Waals surface area contributed by atoms with Gasteiger partial charge in [0.1, 0.15) is 11.9 Å². The number of nitrogens with two attached hydrogens (primary N) is 1. The van der Waals surface area contributed by atoms with E-state index in [1.807, 2.05) is 0 Å². The van der Waals surface area contributed by atoms with Crippen LogP contribution in [0.4, 0.5) is 8.78 Å². The van der Waals surface area contributed by atoms with Crippen LogP contribution in [0.1, 0.15) is 13.3 Å². The standard InChI is InChI=1S/C10H11F2NO2/c1-6(4-10(13)14)15-7-2-3-8(11)9(12)5-7/h2-3,5-6H,4H2,1H3,(H2,13,14). The van der Waals surface area contributed by atoms with Crippen LogP contribution in [0.15, 0.2) is 18.2 Å². The van der Waals surface area contributed by atoms with Gasteiger partial charge in [0, 0.05) is 6.07 Å². The molecule has 3 nitrogen and oxygen atoms in total. The highest BCUT2D eigenvalue weighted by Gasteiger charge is 2.09. The number of primary amides is 1. The lowest BCUT2D eigenvalue weighted by Gasteiger charge is -2.12. The van der Waals surface area contributed by atoms with Crippen molar-refractivity contribution >= 4 is 5.91 Å². The molecule has 1 aromatic rings. The quantitative estimate of drug-likeness (QED) is 0.829. The summed E-state index contributed by atoms with van der Waals surface area (Å²) in [5, 5.41) is 0. The maximum absolute atomic E-state index is 12.7. The van der Waals surface area contributed by atoms with E-state index in [9.17, 15) is 13.6 Å². The van der Waals surface area contributed by atoms with Crippen LogP contribution in [0.3, 0.4) is 0 Å². The van der Waals surface area contributed by atoms with Crippen molar-refractivity contribution in [2.24, 2.45) is 5.73 Å². The van der Waals surface area contributed by atoms with E-state index in [1.54, 1.807) is 6.92 Å². The topological polar surface area (TPSA) is 52.3 Å². The Bertz CT molecular complexity index is 368. The van der Waals surface area contributed by atoms with Crippen LogP contribution in [0.25, 0.3) is 0 Å². The van der Waals surface area contributed by atoms with Crippen molar-refractivity contribution in [1.29, 1.82) is 0 Å². The molecule has 1 atom stereocenters. The average molecular weight is 215 g/mol. The third-order valence-electron chi connectivity index (χ3n) is 1.72. The Labute approximate surface area is 85.8 Å². The first kappa shape index (κ1) is 11.4. The summed E-state index contributed by atoms with van der Waals surface area (Å²) in [4.78, 5) is 10.5. The van der Waals surface area contributed by atoms with Gasteiger partial charge >= 0.3 is 0 Å². The van der Waals surface area contributed by atoms with E-state index in [0.717, 1.165) is 12.1 Å². The van der Waals surface area contributed by atoms with E-state index in [0.29, 0.717) is 0 Å². The number of carbonyl (C=O) groups is 1. The Morgan fingerprint density at radius 3 is 2.67 bits per heavy atom. The molecule has 0 radical (unpaired) electrons. The fourth-order valence-electron chi connectivity index (χ4n) is 1.11. The molecule has 1 amide bonds. The van der Waals surface area contributed by atoms with Crippen molar-refractivity contribution in [3.8, 4) is 5.75 Å². The summed E-state index contributed by atoms with van der Waals surface area (Å²) in [5.74, 6) is -2.27. The highest BCUT2D eigenvalue weighted by atomic mass is 19.2. The van der Waals surface area contributed by atoms with Gasteiger partial charge < -0.3 is 10.5 Å². The van der Waals surface area contributed by atoms with Crippen molar-refractivity contribution < 1.29 is 18.3 Å². The van der Waals surface area contributed by atoms with E-state index in [-0.39, 0.29) is 12.2 Å². The molecule has 0 heterocycles. The molecule has 5 heteroatoms. The van der Waals surface area contributed by atoms with E-state index in [2.05, 4.69) is 0 Å². The van der Waals surface area contributed by atoms with Crippen molar-refractivity contribution in [3.05, 3.63) is 29.8 Å². The summed E-state index contributed by atoms with van der Waals surface area (Å²) >= 11 is 0. The second kappa shape index (κ2) is 4.72. The summed E-state index contributed by atoms with van der Waals surface area (Å²) in [6.45, 7) is 1.62. The van der Waals surface area contributed by atoms with Gasteiger partial charge in [-0.2, -0.15) is 0 Å². The van der Waals surface area contributed by atoms with E-state index >= 15 is 0 Å². The zero-order valence-electron chi connectivity index (χ0n) is 8.17. The second-order valence-electron chi connectivity index (χ2n) is 3.17. The van der Waals surface area contributed by atoms with Gasteiger partial charge in [-0.15, -0.1) is 0 Å². The van der Waals surface area contributed by atoms with Gasteiger partial charge in [-0.1, -0.05) is 0 Å². The van der Waals surface area contributed by atoms with Crippen LogP contribution in [0.2, 0.25) is 0 Å². The lowest BCUT2D eigenvalue weighted by Crippen LogP contribution is -2.22. The molecule has 0 bridgehead atoms. The molecule has 0 saturated heterocycles. The van der Waals surface area contributed by atoms with Gasteiger partial charge in [0.05, 0.1) is 6.42 Å². The van der Waals surface area contributed by atoms with Crippen molar-refractivity contribution in [3.63, 3.8) is 0 Å². The molecule has 15 heavy (non-hydrogen) atoms.